The Labute approximate surface area is 105 Å². The van der Waals surface area contributed by atoms with Gasteiger partial charge in [0.2, 0.25) is 0 Å². The van der Waals surface area contributed by atoms with Gasteiger partial charge in [0, 0.05) is 5.41 Å². The monoisotopic (exact) mass is 238 g/mol. The third-order valence-corrected chi connectivity index (χ3v) is 4.07. The van der Waals surface area contributed by atoms with E-state index >= 15 is 0 Å². The predicted octanol–water partition coefficient (Wildman–Crippen LogP) is 4.11. The van der Waals surface area contributed by atoms with Crippen LogP contribution in [0.1, 0.15) is 32.3 Å². The molecule has 0 N–H and O–H groups in total. The summed E-state index contributed by atoms with van der Waals surface area (Å²) in [7, 11) is 0. The van der Waals surface area contributed by atoms with Crippen LogP contribution in [0.25, 0.3) is 0 Å². The van der Waals surface area contributed by atoms with Crippen molar-refractivity contribution in [2.45, 2.75) is 33.6 Å². The van der Waals surface area contributed by atoms with Crippen LogP contribution in [0.15, 0.2) is 24.3 Å². The molecule has 0 atom stereocenters. The van der Waals surface area contributed by atoms with Gasteiger partial charge in [0.25, 0.3) is 0 Å². The Balaban J connectivity index is 2.58. The van der Waals surface area contributed by atoms with Gasteiger partial charge in [-0.3, -0.25) is 0 Å². The van der Waals surface area contributed by atoms with E-state index in [2.05, 4.69) is 45.5 Å². The summed E-state index contributed by atoms with van der Waals surface area (Å²) in [5.41, 5.74) is 1.48. The molecule has 0 saturated heterocycles. The summed E-state index contributed by atoms with van der Waals surface area (Å²) in [6.45, 7) is 7.25. The molecule has 0 amide bonds. The predicted molar refractivity (Wildman–Crippen MR) is 73.5 cm³/mol. The maximum absolute atomic E-state index is 5.85. The number of rotatable bonds is 6. The molecule has 0 aromatic heterocycles. The molecule has 0 heterocycles. The van der Waals surface area contributed by atoms with Crippen molar-refractivity contribution in [1.29, 1.82) is 0 Å². The molecular weight excluding hydrogens is 216 g/mol. The summed E-state index contributed by atoms with van der Waals surface area (Å²) >= 11 is 4.44. The SMILES string of the molecule is CCC(CC)(CS)COc1ccc(C)cc1. The second-order valence-corrected chi connectivity index (χ2v) is 4.78. The van der Waals surface area contributed by atoms with E-state index < -0.39 is 0 Å². The van der Waals surface area contributed by atoms with Gasteiger partial charge in [0.15, 0.2) is 0 Å². The average molecular weight is 238 g/mol. The van der Waals surface area contributed by atoms with Crippen molar-refractivity contribution in [3.8, 4) is 5.75 Å². The van der Waals surface area contributed by atoms with Gasteiger partial charge in [-0.25, -0.2) is 0 Å². The fraction of sp³-hybridized carbons (Fsp3) is 0.571. The molecule has 0 radical (unpaired) electrons. The van der Waals surface area contributed by atoms with Gasteiger partial charge in [-0.1, -0.05) is 31.5 Å². The van der Waals surface area contributed by atoms with Crippen LogP contribution in [0, 0.1) is 12.3 Å². The molecule has 1 nitrogen and oxygen atoms in total. The molecule has 0 aliphatic heterocycles. The largest absolute Gasteiger partial charge is 0.493 e. The van der Waals surface area contributed by atoms with E-state index in [0.717, 1.165) is 31.0 Å². The van der Waals surface area contributed by atoms with Gasteiger partial charge < -0.3 is 4.74 Å². The van der Waals surface area contributed by atoms with Crippen molar-refractivity contribution in [2.75, 3.05) is 12.4 Å². The van der Waals surface area contributed by atoms with Gasteiger partial charge in [-0.05, 0) is 37.7 Å². The maximum atomic E-state index is 5.85. The van der Waals surface area contributed by atoms with Crippen molar-refractivity contribution in [2.24, 2.45) is 5.41 Å². The molecular formula is C14H22OS. The topological polar surface area (TPSA) is 9.23 Å². The highest BCUT2D eigenvalue weighted by Crippen LogP contribution is 2.28. The molecule has 1 aromatic rings. The molecule has 0 fully saturated rings. The van der Waals surface area contributed by atoms with E-state index in [4.69, 9.17) is 4.74 Å². The van der Waals surface area contributed by atoms with Crippen LogP contribution in [-0.4, -0.2) is 12.4 Å². The lowest BCUT2D eigenvalue weighted by molar-refractivity contribution is 0.157. The zero-order valence-corrected chi connectivity index (χ0v) is 11.4. The lowest BCUT2D eigenvalue weighted by Crippen LogP contribution is -2.29. The molecule has 0 bridgehead atoms. The molecule has 0 aliphatic carbocycles. The number of hydrogen-bond donors (Lipinski definition) is 1. The van der Waals surface area contributed by atoms with Crippen LogP contribution in [0.5, 0.6) is 5.75 Å². The van der Waals surface area contributed by atoms with Crippen LogP contribution in [0.2, 0.25) is 0 Å². The molecule has 0 unspecified atom stereocenters. The summed E-state index contributed by atoms with van der Waals surface area (Å²) in [5, 5.41) is 0. The van der Waals surface area contributed by atoms with E-state index in [1.165, 1.54) is 5.56 Å². The number of ether oxygens (including phenoxy) is 1. The Morgan fingerprint density at radius 2 is 1.69 bits per heavy atom. The Hall–Kier alpha value is -0.630. The minimum atomic E-state index is 0.216. The smallest absolute Gasteiger partial charge is 0.119 e. The minimum absolute atomic E-state index is 0.216. The van der Waals surface area contributed by atoms with Crippen molar-refractivity contribution in [1.82, 2.24) is 0 Å². The van der Waals surface area contributed by atoms with E-state index in [0.29, 0.717) is 0 Å². The van der Waals surface area contributed by atoms with Crippen LogP contribution >= 0.6 is 12.6 Å². The molecule has 0 aliphatic rings. The third kappa shape index (κ3) is 3.44. The highest BCUT2D eigenvalue weighted by Gasteiger charge is 2.25. The van der Waals surface area contributed by atoms with E-state index in [1.807, 2.05) is 12.1 Å². The second kappa shape index (κ2) is 6.19. The first kappa shape index (κ1) is 13.4. The summed E-state index contributed by atoms with van der Waals surface area (Å²) in [4.78, 5) is 0. The van der Waals surface area contributed by atoms with Crippen molar-refractivity contribution >= 4 is 12.6 Å². The Morgan fingerprint density at radius 3 is 2.12 bits per heavy atom. The lowest BCUT2D eigenvalue weighted by atomic mass is 9.85. The maximum Gasteiger partial charge on any atom is 0.119 e. The first-order valence-electron chi connectivity index (χ1n) is 5.96. The van der Waals surface area contributed by atoms with Crippen LogP contribution in [-0.2, 0) is 0 Å². The molecule has 1 aromatic carbocycles. The number of aryl methyl sites for hydroxylation is 1. The van der Waals surface area contributed by atoms with Crippen molar-refractivity contribution in [3.05, 3.63) is 29.8 Å². The Bertz CT molecular complexity index is 293. The van der Waals surface area contributed by atoms with Gasteiger partial charge in [-0.2, -0.15) is 12.6 Å². The summed E-state index contributed by atoms with van der Waals surface area (Å²) < 4.78 is 5.85. The van der Waals surface area contributed by atoms with Crippen molar-refractivity contribution < 1.29 is 4.74 Å². The highest BCUT2D eigenvalue weighted by atomic mass is 32.1. The summed E-state index contributed by atoms with van der Waals surface area (Å²) in [5.74, 6) is 1.84. The lowest BCUT2D eigenvalue weighted by Gasteiger charge is -2.29. The number of thiol groups is 1. The zero-order valence-electron chi connectivity index (χ0n) is 10.5. The first-order valence-corrected chi connectivity index (χ1v) is 6.59. The molecule has 2 heteroatoms. The van der Waals surface area contributed by atoms with Gasteiger partial charge in [0.1, 0.15) is 5.75 Å². The first-order chi connectivity index (χ1) is 7.65. The normalized spacial score (nSPS) is 11.5. The van der Waals surface area contributed by atoms with Crippen LogP contribution < -0.4 is 4.74 Å². The van der Waals surface area contributed by atoms with Gasteiger partial charge in [-0.15, -0.1) is 0 Å². The van der Waals surface area contributed by atoms with E-state index in [1.54, 1.807) is 0 Å². The van der Waals surface area contributed by atoms with Gasteiger partial charge in [0.05, 0.1) is 6.61 Å². The van der Waals surface area contributed by atoms with E-state index in [-0.39, 0.29) is 5.41 Å². The summed E-state index contributed by atoms with van der Waals surface area (Å²) in [6, 6.07) is 8.22. The summed E-state index contributed by atoms with van der Waals surface area (Å²) in [6.07, 6.45) is 2.22. The fourth-order valence-corrected chi connectivity index (χ4v) is 2.13. The Kier molecular flexibility index (Phi) is 5.20. The highest BCUT2D eigenvalue weighted by molar-refractivity contribution is 7.80. The molecule has 16 heavy (non-hydrogen) atoms. The fourth-order valence-electron chi connectivity index (χ4n) is 1.59. The van der Waals surface area contributed by atoms with E-state index in [9.17, 15) is 0 Å². The molecule has 1 rings (SSSR count). The molecule has 0 spiro atoms. The molecule has 90 valence electrons. The van der Waals surface area contributed by atoms with Gasteiger partial charge >= 0.3 is 0 Å². The average Bonchev–Trinajstić information content (AvgIpc) is 2.34. The molecule has 0 saturated carbocycles. The third-order valence-electron chi connectivity index (χ3n) is 3.40. The zero-order chi connectivity index (χ0) is 12.0. The standard InChI is InChI=1S/C14H22OS/c1-4-14(5-2,11-16)10-15-13-8-6-12(3)7-9-13/h6-9,16H,4-5,10-11H2,1-3H3. The Morgan fingerprint density at radius 1 is 1.12 bits per heavy atom. The second-order valence-electron chi connectivity index (χ2n) is 4.47. The minimum Gasteiger partial charge on any atom is -0.493 e. The van der Waals surface area contributed by atoms with Crippen LogP contribution in [0.4, 0.5) is 0 Å². The number of benzene rings is 1. The van der Waals surface area contributed by atoms with Crippen molar-refractivity contribution in [3.63, 3.8) is 0 Å². The number of hydrogen-bond acceptors (Lipinski definition) is 2. The quantitative estimate of drug-likeness (QED) is 0.734. The van der Waals surface area contributed by atoms with Crippen LogP contribution in [0.3, 0.4) is 0 Å².